The Labute approximate surface area is 82.0 Å². The molecule has 1 N–H and O–H groups in total. The van der Waals surface area contributed by atoms with Gasteiger partial charge in [0.15, 0.2) is 5.12 Å². The highest BCUT2D eigenvalue weighted by Gasteiger charge is 2.02. The van der Waals surface area contributed by atoms with Gasteiger partial charge in [0.25, 0.3) is 0 Å². The summed E-state index contributed by atoms with van der Waals surface area (Å²) in [5.41, 5.74) is 1.03. The number of carbonyl (C=O) groups excluding carboxylic acids is 1. The Balaban J connectivity index is 2.37. The number of aliphatic hydroxyl groups excluding tert-OH is 1. The summed E-state index contributed by atoms with van der Waals surface area (Å²) >= 11 is 1.18. The zero-order valence-electron chi connectivity index (χ0n) is 7.27. The molecule has 0 aliphatic rings. The fourth-order valence-corrected chi connectivity index (χ4v) is 1.56. The van der Waals surface area contributed by atoms with Crippen LogP contribution < -0.4 is 0 Å². The normalized spacial score (nSPS) is 9.92. The van der Waals surface area contributed by atoms with Crippen LogP contribution in [0.25, 0.3) is 0 Å². The van der Waals surface area contributed by atoms with Gasteiger partial charge in [-0.1, -0.05) is 42.1 Å². The van der Waals surface area contributed by atoms with E-state index >= 15 is 0 Å². The molecule has 1 rings (SSSR count). The summed E-state index contributed by atoms with van der Waals surface area (Å²) < 4.78 is 0. The summed E-state index contributed by atoms with van der Waals surface area (Å²) in [5.74, 6) is 0.492. The van der Waals surface area contributed by atoms with E-state index in [4.69, 9.17) is 5.11 Å². The van der Waals surface area contributed by atoms with Crippen LogP contribution in [-0.2, 0) is 11.2 Å². The van der Waals surface area contributed by atoms with Crippen LogP contribution in [0.2, 0.25) is 0 Å². The first-order valence-electron chi connectivity index (χ1n) is 4.13. The molecule has 0 bridgehead atoms. The molecule has 0 aliphatic heterocycles. The molecule has 0 heterocycles. The minimum absolute atomic E-state index is 0.0607. The Hall–Kier alpha value is -0.800. The standard InChI is InChI=1S/C10H12O2S/c11-6-7-13-10(12)8-9-4-2-1-3-5-9/h1-5,11H,6-8H2. The minimum Gasteiger partial charge on any atom is -0.396 e. The second kappa shape index (κ2) is 5.78. The summed E-state index contributed by atoms with van der Waals surface area (Å²) in [5, 5.41) is 8.62. The van der Waals surface area contributed by atoms with Gasteiger partial charge in [0.1, 0.15) is 0 Å². The van der Waals surface area contributed by atoms with E-state index in [2.05, 4.69) is 0 Å². The smallest absolute Gasteiger partial charge is 0.193 e. The van der Waals surface area contributed by atoms with E-state index in [-0.39, 0.29) is 11.7 Å². The van der Waals surface area contributed by atoms with E-state index < -0.39 is 0 Å². The average Bonchev–Trinajstić information content (AvgIpc) is 2.16. The van der Waals surface area contributed by atoms with Crippen molar-refractivity contribution in [1.82, 2.24) is 0 Å². The van der Waals surface area contributed by atoms with Crippen LogP contribution in [0.15, 0.2) is 30.3 Å². The molecule has 0 amide bonds. The van der Waals surface area contributed by atoms with Gasteiger partial charge in [0, 0.05) is 12.2 Å². The first-order valence-corrected chi connectivity index (χ1v) is 5.12. The number of hydrogen-bond donors (Lipinski definition) is 1. The van der Waals surface area contributed by atoms with Gasteiger partial charge in [-0.25, -0.2) is 0 Å². The average molecular weight is 196 g/mol. The SMILES string of the molecule is O=C(Cc1ccccc1)SCCO. The second-order valence-electron chi connectivity index (χ2n) is 2.61. The zero-order chi connectivity index (χ0) is 9.52. The van der Waals surface area contributed by atoms with Crippen LogP contribution in [0.1, 0.15) is 5.56 Å². The van der Waals surface area contributed by atoms with E-state index in [1.165, 1.54) is 11.8 Å². The number of thioether (sulfide) groups is 1. The summed E-state index contributed by atoms with van der Waals surface area (Å²) in [4.78, 5) is 11.2. The molecule has 1 aromatic carbocycles. The predicted octanol–water partition coefficient (Wildman–Crippen LogP) is 1.48. The molecule has 1 aromatic rings. The molecule has 70 valence electrons. The topological polar surface area (TPSA) is 37.3 Å². The largest absolute Gasteiger partial charge is 0.396 e. The third kappa shape index (κ3) is 4.10. The van der Waals surface area contributed by atoms with Crippen LogP contribution in [0.3, 0.4) is 0 Å². The van der Waals surface area contributed by atoms with Crippen molar-refractivity contribution in [1.29, 1.82) is 0 Å². The summed E-state index contributed by atoms with van der Waals surface area (Å²) in [6.07, 6.45) is 0.450. The lowest BCUT2D eigenvalue weighted by Crippen LogP contribution is -2.00. The zero-order valence-corrected chi connectivity index (χ0v) is 8.09. The second-order valence-corrected chi connectivity index (χ2v) is 3.76. The van der Waals surface area contributed by atoms with Gasteiger partial charge in [0.2, 0.25) is 0 Å². The van der Waals surface area contributed by atoms with Crippen molar-refractivity contribution < 1.29 is 9.90 Å². The Bertz CT molecular complexity index is 259. The van der Waals surface area contributed by atoms with Gasteiger partial charge in [-0.05, 0) is 5.56 Å². The van der Waals surface area contributed by atoms with Crippen molar-refractivity contribution in [3.8, 4) is 0 Å². The number of carbonyl (C=O) groups is 1. The predicted molar refractivity (Wildman–Crippen MR) is 54.7 cm³/mol. The first-order chi connectivity index (χ1) is 6.33. The van der Waals surface area contributed by atoms with Crippen LogP contribution in [0.5, 0.6) is 0 Å². The van der Waals surface area contributed by atoms with E-state index in [1.54, 1.807) is 0 Å². The fourth-order valence-electron chi connectivity index (χ4n) is 0.973. The van der Waals surface area contributed by atoms with Gasteiger partial charge in [-0.3, -0.25) is 4.79 Å². The fraction of sp³-hybridized carbons (Fsp3) is 0.300. The number of benzene rings is 1. The van der Waals surface area contributed by atoms with E-state index in [0.29, 0.717) is 12.2 Å². The highest BCUT2D eigenvalue weighted by molar-refractivity contribution is 8.13. The maximum absolute atomic E-state index is 11.2. The molecule has 0 radical (unpaired) electrons. The van der Waals surface area contributed by atoms with Crippen molar-refractivity contribution >= 4 is 16.9 Å². The molecule has 0 atom stereocenters. The van der Waals surface area contributed by atoms with Crippen molar-refractivity contribution in [2.24, 2.45) is 0 Å². The van der Waals surface area contributed by atoms with Crippen LogP contribution >= 0.6 is 11.8 Å². The molecule has 0 saturated carbocycles. The van der Waals surface area contributed by atoms with Crippen molar-refractivity contribution in [3.05, 3.63) is 35.9 Å². The third-order valence-electron chi connectivity index (χ3n) is 1.55. The van der Waals surface area contributed by atoms with Gasteiger partial charge < -0.3 is 5.11 Å². The molecule has 0 spiro atoms. The van der Waals surface area contributed by atoms with E-state index in [9.17, 15) is 4.79 Å². The monoisotopic (exact) mass is 196 g/mol. The molecule has 13 heavy (non-hydrogen) atoms. The highest BCUT2D eigenvalue weighted by Crippen LogP contribution is 2.08. The van der Waals surface area contributed by atoms with Crippen LogP contribution in [0.4, 0.5) is 0 Å². The van der Waals surface area contributed by atoms with Crippen molar-refractivity contribution in [3.63, 3.8) is 0 Å². The lowest BCUT2D eigenvalue weighted by molar-refractivity contribution is -0.110. The molecule has 0 aliphatic carbocycles. The van der Waals surface area contributed by atoms with Gasteiger partial charge in [-0.15, -0.1) is 0 Å². The van der Waals surface area contributed by atoms with E-state index in [1.807, 2.05) is 30.3 Å². The van der Waals surface area contributed by atoms with Gasteiger partial charge in [0.05, 0.1) is 6.61 Å². The molecule has 3 heteroatoms. The maximum atomic E-state index is 11.2. The molecular formula is C10H12O2S. The third-order valence-corrected chi connectivity index (χ3v) is 2.40. The Kier molecular flexibility index (Phi) is 4.57. The van der Waals surface area contributed by atoms with Gasteiger partial charge >= 0.3 is 0 Å². The van der Waals surface area contributed by atoms with E-state index in [0.717, 1.165) is 5.56 Å². The van der Waals surface area contributed by atoms with Crippen molar-refractivity contribution in [2.45, 2.75) is 6.42 Å². The maximum Gasteiger partial charge on any atom is 0.193 e. The molecule has 0 aromatic heterocycles. The molecule has 2 nitrogen and oxygen atoms in total. The number of hydrogen-bond acceptors (Lipinski definition) is 3. The molecule has 0 unspecified atom stereocenters. The lowest BCUT2D eigenvalue weighted by atomic mass is 10.2. The summed E-state index contributed by atoms with van der Waals surface area (Å²) in [6, 6.07) is 9.61. The van der Waals surface area contributed by atoms with Crippen LogP contribution in [0, 0.1) is 0 Å². The quantitative estimate of drug-likeness (QED) is 0.792. The van der Waals surface area contributed by atoms with Gasteiger partial charge in [-0.2, -0.15) is 0 Å². The summed E-state index contributed by atoms with van der Waals surface area (Å²) in [6.45, 7) is 0.0607. The molecule has 0 saturated heterocycles. The Morgan fingerprint density at radius 1 is 1.31 bits per heavy atom. The first kappa shape index (κ1) is 10.3. The highest BCUT2D eigenvalue weighted by atomic mass is 32.2. The number of rotatable bonds is 4. The lowest BCUT2D eigenvalue weighted by Gasteiger charge is -1.98. The number of aliphatic hydroxyl groups is 1. The van der Waals surface area contributed by atoms with Crippen molar-refractivity contribution in [2.75, 3.05) is 12.4 Å². The summed E-state index contributed by atoms with van der Waals surface area (Å²) in [7, 11) is 0. The molecule has 0 fully saturated rings. The Morgan fingerprint density at radius 2 is 2.00 bits per heavy atom. The Morgan fingerprint density at radius 3 is 2.62 bits per heavy atom. The minimum atomic E-state index is 0.0607. The van der Waals surface area contributed by atoms with Crippen LogP contribution in [-0.4, -0.2) is 22.6 Å². The molecular weight excluding hydrogens is 184 g/mol.